The van der Waals surface area contributed by atoms with Gasteiger partial charge in [0.05, 0.1) is 5.69 Å². The van der Waals surface area contributed by atoms with E-state index in [0.717, 1.165) is 16.0 Å². The molecule has 0 spiro atoms. The van der Waals surface area contributed by atoms with Crippen LogP contribution in [0.2, 0.25) is 0 Å². The molecule has 1 heterocycles. The average Bonchev–Trinajstić information content (AvgIpc) is 2.22. The Morgan fingerprint density at radius 2 is 2.18 bits per heavy atom. The molecule has 1 N–H and O–H groups in total. The number of hydrogen-bond donors (Lipinski definition) is 1. The molecule has 1 unspecified atom stereocenters. The lowest BCUT2D eigenvalue weighted by atomic mass is 9.75. The lowest BCUT2D eigenvalue weighted by molar-refractivity contribution is 0.229. The van der Waals surface area contributed by atoms with Crippen LogP contribution < -0.4 is 5.32 Å². The van der Waals surface area contributed by atoms with Crippen LogP contribution in [-0.2, 0) is 0 Å². The van der Waals surface area contributed by atoms with Crippen LogP contribution in [0, 0.1) is 12.3 Å². The summed E-state index contributed by atoms with van der Waals surface area (Å²) < 4.78 is 1.08. The van der Waals surface area contributed by atoms with Crippen molar-refractivity contribution in [2.75, 3.05) is 5.32 Å². The quantitative estimate of drug-likeness (QED) is 0.867. The Morgan fingerprint density at radius 3 is 2.82 bits per heavy atom. The highest BCUT2D eigenvalue weighted by Gasteiger charge is 2.27. The third-order valence-electron chi connectivity index (χ3n) is 3.58. The van der Waals surface area contributed by atoms with Gasteiger partial charge in [-0.05, 0) is 59.7 Å². The van der Waals surface area contributed by atoms with Crippen LogP contribution in [0.25, 0.3) is 0 Å². The van der Waals surface area contributed by atoms with E-state index in [-0.39, 0.29) is 0 Å². The molecule has 1 fully saturated rings. The lowest BCUT2D eigenvalue weighted by Crippen LogP contribution is -2.32. The van der Waals surface area contributed by atoms with Crippen molar-refractivity contribution in [2.45, 2.75) is 52.5 Å². The number of rotatable bonds is 2. The maximum Gasteiger partial charge on any atom is 0.126 e. The van der Waals surface area contributed by atoms with E-state index < -0.39 is 0 Å². The van der Waals surface area contributed by atoms with Gasteiger partial charge in [0.25, 0.3) is 0 Å². The lowest BCUT2D eigenvalue weighted by Gasteiger charge is -2.35. The molecule has 1 aromatic rings. The summed E-state index contributed by atoms with van der Waals surface area (Å²) in [6, 6.07) is 4.70. The summed E-state index contributed by atoms with van der Waals surface area (Å²) in [6.07, 6.45) is 5.17. The van der Waals surface area contributed by atoms with Gasteiger partial charge in [-0.25, -0.2) is 4.98 Å². The number of nitrogens with zero attached hydrogens (tertiary/aromatic N) is 1. The highest BCUT2D eigenvalue weighted by molar-refractivity contribution is 9.10. The van der Waals surface area contributed by atoms with Gasteiger partial charge in [0, 0.05) is 10.5 Å². The molecule has 1 aliphatic rings. The fourth-order valence-corrected chi connectivity index (χ4v) is 2.88. The molecule has 0 aromatic carbocycles. The van der Waals surface area contributed by atoms with Crippen molar-refractivity contribution in [1.82, 2.24) is 4.98 Å². The van der Waals surface area contributed by atoms with Crippen molar-refractivity contribution in [3.05, 3.63) is 22.3 Å². The van der Waals surface area contributed by atoms with Crippen LogP contribution in [-0.4, -0.2) is 11.0 Å². The molecule has 2 rings (SSSR count). The zero-order chi connectivity index (χ0) is 12.5. The average molecular weight is 297 g/mol. The second-order valence-corrected chi connectivity index (χ2v) is 6.72. The van der Waals surface area contributed by atoms with Gasteiger partial charge in [-0.2, -0.15) is 0 Å². The van der Waals surface area contributed by atoms with Crippen molar-refractivity contribution < 1.29 is 0 Å². The largest absolute Gasteiger partial charge is 0.367 e. The van der Waals surface area contributed by atoms with Gasteiger partial charge < -0.3 is 5.32 Å². The molecule has 1 aromatic heterocycles. The maximum absolute atomic E-state index is 4.56. The number of hydrogen-bond acceptors (Lipinski definition) is 2. The fraction of sp³-hybridized carbons (Fsp3) is 0.643. The molecule has 1 aliphatic carbocycles. The molecule has 0 aliphatic heterocycles. The van der Waals surface area contributed by atoms with E-state index in [1.807, 2.05) is 6.92 Å². The van der Waals surface area contributed by atoms with Gasteiger partial charge >= 0.3 is 0 Å². The Hall–Kier alpha value is -0.570. The third-order valence-corrected chi connectivity index (χ3v) is 4.42. The van der Waals surface area contributed by atoms with Crippen LogP contribution in [0.5, 0.6) is 0 Å². The van der Waals surface area contributed by atoms with E-state index in [4.69, 9.17) is 0 Å². The second kappa shape index (κ2) is 4.97. The summed E-state index contributed by atoms with van der Waals surface area (Å²) in [7, 11) is 0. The van der Waals surface area contributed by atoms with Crippen LogP contribution in [0.1, 0.15) is 45.2 Å². The summed E-state index contributed by atoms with van der Waals surface area (Å²) in [4.78, 5) is 4.56. The molecule has 2 nitrogen and oxygen atoms in total. The van der Waals surface area contributed by atoms with E-state index >= 15 is 0 Å². The van der Waals surface area contributed by atoms with E-state index in [1.165, 1.54) is 25.7 Å². The predicted molar refractivity (Wildman–Crippen MR) is 76.3 cm³/mol. The first-order valence-electron chi connectivity index (χ1n) is 6.36. The van der Waals surface area contributed by atoms with Gasteiger partial charge in [-0.3, -0.25) is 0 Å². The number of aryl methyl sites for hydroxylation is 1. The van der Waals surface area contributed by atoms with Crippen LogP contribution in [0.3, 0.4) is 0 Å². The van der Waals surface area contributed by atoms with Crippen molar-refractivity contribution in [2.24, 2.45) is 5.41 Å². The van der Waals surface area contributed by atoms with Gasteiger partial charge in [-0.1, -0.05) is 20.3 Å². The molecule has 3 heteroatoms. The minimum absolute atomic E-state index is 0.473. The van der Waals surface area contributed by atoms with Gasteiger partial charge in [0.2, 0.25) is 0 Å². The maximum atomic E-state index is 4.56. The summed E-state index contributed by atoms with van der Waals surface area (Å²) in [5, 5.41) is 3.57. The number of nitrogens with one attached hydrogen (secondary N) is 1. The number of pyridine rings is 1. The summed E-state index contributed by atoms with van der Waals surface area (Å²) in [5.41, 5.74) is 1.52. The van der Waals surface area contributed by atoms with E-state index in [2.05, 4.69) is 52.2 Å². The molecule has 0 saturated heterocycles. The molecule has 0 bridgehead atoms. The van der Waals surface area contributed by atoms with Crippen LogP contribution >= 0.6 is 15.9 Å². The third kappa shape index (κ3) is 3.44. The molecule has 1 atom stereocenters. The molecule has 0 radical (unpaired) electrons. The zero-order valence-corrected chi connectivity index (χ0v) is 12.5. The Morgan fingerprint density at radius 1 is 1.41 bits per heavy atom. The predicted octanol–water partition coefficient (Wildman–Crippen LogP) is 4.53. The number of halogens is 1. The second-order valence-electron chi connectivity index (χ2n) is 5.87. The van der Waals surface area contributed by atoms with Crippen LogP contribution in [0.4, 0.5) is 5.82 Å². The fourth-order valence-electron chi connectivity index (χ4n) is 2.65. The van der Waals surface area contributed by atoms with Gasteiger partial charge in [0.1, 0.15) is 5.82 Å². The van der Waals surface area contributed by atoms with E-state index in [1.54, 1.807) is 0 Å². The minimum Gasteiger partial charge on any atom is -0.367 e. The SMILES string of the molecule is Cc1nc(NC2CCCC(C)(C)C2)ccc1Br. The van der Waals surface area contributed by atoms with Gasteiger partial charge in [0.15, 0.2) is 0 Å². The molecule has 1 saturated carbocycles. The first kappa shape index (κ1) is 12.9. The molecule has 0 amide bonds. The summed E-state index contributed by atoms with van der Waals surface area (Å²) in [5.74, 6) is 1.01. The smallest absolute Gasteiger partial charge is 0.126 e. The van der Waals surface area contributed by atoms with Crippen molar-refractivity contribution >= 4 is 21.7 Å². The highest BCUT2D eigenvalue weighted by atomic mass is 79.9. The number of aromatic nitrogens is 1. The molecule has 17 heavy (non-hydrogen) atoms. The minimum atomic E-state index is 0.473. The first-order chi connectivity index (χ1) is 7.96. The Kier molecular flexibility index (Phi) is 3.76. The topological polar surface area (TPSA) is 24.9 Å². The monoisotopic (exact) mass is 296 g/mol. The zero-order valence-electron chi connectivity index (χ0n) is 10.9. The van der Waals surface area contributed by atoms with Crippen molar-refractivity contribution in [3.8, 4) is 0 Å². The first-order valence-corrected chi connectivity index (χ1v) is 7.15. The van der Waals surface area contributed by atoms with Crippen molar-refractivity contribution in [1.29, 1.82) is 0 Å². The standard InChI is InChI=1S/C14H21BrN2/c1-10-12(15)6-7-13(16-10)17-11-5-4-8-14(2,3)9-11/h6-7,11H,4-5,8-9H2,1-3H3,(H,16,17). The highest BCUT2D eigenvalue weighted by Crippen LogP contribution is 2.36. The molecular formula is C14H21BrN2. The normalized spacial score (nSPS) is 23.4. The number of anilines is 1. The van der Waals surface area contributed by atoms with Crippen molar-refractivity contribution in [3.63, 3.8) is 0 Å². The molecule has 94 valence electrons. The Balaban J connectivity index is 2.03. The summed E-state index contributed by atoms with van der Waals surface area (Å²) in [6.45, 7) is 6.75. The Bertz CT molecular complexity index is 401. The molecular weight excluding hydrogens is 276 g/mol. The van der Waals surface area contributed by atoms with Gasteiger partial charge in [-0.15, -0.1) is 0 Å². The van der Waals surface area contributed by atoms with Crippen LogP contribution in [0.15, 0.2) is 16.6 Å². The Labute approximate surface area is 112 Å². The van der Waals surface area contributed by atoms with E-state index in [9.17, 15) is 0 Å². The summed E-state index contributed by atoms with van der Waals surface area (Å²) >= 11 is 3.48. The van der Waals surface area contributed by atoms with E-state index in [0.29, 0.717) is 11.5 Å².